The van der Waals surface area contributed by atoms with E-state index in [2.05, 4.69) is 10.2 Å². The third-order valence-electron chi connectivity index (χ3n) is 2.57. The highest BCUT2D eigenvalue weighted by molar-refractivity contribution is 5.38. The van der Waals surface area contributed by atoms with Crippen molar-refractivity contribution in [2.24, 2.45) is 5.73 Å². The molecule has 0 fully saturated rings. The lowest BCUT2D eigenvalue weighted by molar-refractivity contribution is 0.257. The lowest BCUT2D eigenvalue weighted by atomic mass is 10.1. The first-order chi connectivity index (χ1) is 8.56. The number of rotatable bonds is 4. The summed E-state index contributed by atoms with van der Waals surface area (Å²) in [7, 11) is 0. The van der Waals surface area contributed by atoms with Gasteiger partial charge in [-0.1, -0.05) is 17.7 Å². The summed E-state index contributed by atoms with van der Waals surface area (Å²) in [6.45, 7) is 5.95. The predicted molar refractivity (Wildman–Crippen MR) is 67.1 cm³/mol. The van der Waals surface area contributed by atoms with E-state index in [1.54, 1.807) is 6.92 Å². The van der Waals surface area contributed by atoms with Gasteiger partial charge in [0.05, 0.1) is 0 Å². The van der Waals surface area contributed by atoms with Gasteiger partial charge in [-0.05, 0) is 19.9 Å². The summed E-state index contributed by atoms with van der Waals surface area (Å²) >= 11 is 0. The Kier molecular flexibility index (Phi) is 3.62. The first kappa shape index (κ1) is 12.6. The SMILES string of the molecule is Cc1ccc(OCc2nnc(C)o2)c([C@H](C)N)c1. The Balaban J connectivity index is 2.13. The van der Waals surface area contributed by atoms with E-state index in [-0.39, 0.29) is 12.6 Å². The Morgan fingerprint density at radius 1 is 1.33 bits per heavy atom. The number of aryl methyl sites for hydroxylation is 2. The van der Waals surface area contributed by atoms with Gasteiger partial charge in [0, 0.05) is 18.5 Å². The Bertz CT molecular complexity index is 535. The molecule has 1 heterocycles. The normalized spacial score (nSPS) is 12.4. The van der Waals surface area contributed by atoms with Gasteiger partial charge in [0.2, 0.25) is 5.89 Å². The zero-order valence-electron chi connectivity index (χ0n) is 10.8. The molecule has 0 saturated carbocycles. The van der Waals surface area contributed by atoms with Crippen molar-refractivity contribution in [3.63, 3.8) is 0 Å². The molecule has 1 atom stereocenters. The van der Waals surface area contributed by atoms with Crippen molar-refractivity contribution in [3.8, 4) is 5.75 Å². The highest BCUT2D eigenvalue weighted by Gasteiger charge is 2.10. The van der Waals surface area contributed by atoms with E-state index in [0.29, 0.717) is 11.8 Å². The molecule has 5 heteroatoms. The van der Waals surface area contributed by atoms with Crippen molar-refractivity contribution >= 4 is 0 Å². The molecule has 0 aliphatic carbocycles. The van der Waals surface area contributed by atoms with Crippen molar-refractivity contribution in [1.82, 2.24) is 10.2 Å². The average molecular weight is 247 g/mol. The molecule has 1 aromatic heterocycles. The number of ether oxygens (including phenoxy) is 1. The van der Waals surface area contributed by atoms with Gasteiger partial charge in [0.25, 0.3) is 5.89 Å². The van der Waals surface area contributed by atoms with Crippen LogP contribution in [0.2, 0.25) is 0 Å². The maximum atomic E-state index is 5.93. The van der Waals surface area contributed by atoms with Gasteiger partial charge in [-0.2, -0.15) is 0 Å². The molecule has 0 radical (unpaired) electrons. The van der Waals surface area contributed by atoms with Crippen LogP contribution in [0.3, 0.4) is 0 Å². The fourth-order valence-corrected chi connectivity index (χ4v) is 1.69. The lowest BCUT2D eigenvalue weighted by Crippen LogP contribution is -2.08. The zero-order valence-corrected chi connectivity index (χ0v) is 10.8. The van der Waals surface area contributed by atoms with E-state index >= 15 is 0 Å². The van der Waals surface area contributed by atoms with Crippen molar-refractivity contribution in [2.45, 2.75) is 33.4 Å². The maximum absolute atomic E-state index is 5.93. The van der Waals surface area contributed by atoms with Crippen molar-refractivity contribution in [2.75, 3.05) is 0 Å². The molecule has 2 rings (SSSR count). The van der Waals surface area contributed by atoms with E-state index in [0.717, 1.165) is 16.9 Å². The summed E-state index contributed by atoms with van der Waals surface area (Å²) in [6.07, 6.45) is 0. The third kappa shape index (κ3) is 2.87. The second-order valence-electron chi connectivity index (χ2n) is 4.33. The largest absolute Gasteiger partial charge is 0.483 e. The molecule has 2 N–H and O–H groups in total. The van der Waals surface area contributed by atoms with Crippen LogP contribution in [0.1, 0.15) is 35.9 Å². The number of hydrogen-bond donors (Lipinski definition) is 1. The van der Waals surface area contributed by atoms with Gasteiger partial charge >= 0.3 is 0 Å². The van der Waals surface area contributed by atoms with E-state index in [1.807, 2.05) is 32.0 Å². The number of hydrogen-bond acceptors (Lipinski definition) is 5. The van der Waals surface area contributed by atoms with E-state index < -0.39 is 0 Å². The highest BCUT2D eigenvalue weighted by atomic mass is 16.5. The smallest absolute Gasteiger partial charge is 0.253 e. The molecule has 0 unspecified atom stereocenters. The summed E-state index contributed by atoms with van der Waals surface area (Å²) < 4.78 is 10.9. The molecule has 0 bridgehead atoms. The first-order valence-electron chi connectivity index (χ1n) is 5.84. The van der Waals surface area contributed by atoms with Crippen LogP contribution < -0.4 is 10.5 Å². The molecule has 18 heavy (non-hydrogen) atoms. The van der Waals surface area contributed by atoms with Gasteiger partial charge in [0.15, 0.2) is 6.61 Å². The Morgan fingerprint density at radius 3 is 2.72 bits per heavy atom. The molecule has 2 aromatic rings. The predicted octanol–water partition coefficient (Wildman–Crippen LogP) is 2.29. The summed E-state index contributed by atoms with van der Waals surface area (Å²) in [5.41, 5.74) is 8.06. The second-order valence-corrected chi connectivity index (χ2v) is 4.33. The van der Waals surface area contributed by atoms with Crippen LogP contribution >= 0.6 is 0 Å². The molecule has 0 amide bonds. The number of benzene rings is 1. The summed E-state index contributed by atoms with van der Waals surface area (Å²) in [6, 6.07) is 5.85. The topological polar surface area (TPSA) is 74.2 Å². The monoisotopic (exact) mass is 247 g/mol. The molecule has 0 aliphatic rings. The minimum Gasteiger partial charge on any atom is -0.483 e. The zero-order chi connectivity index (χ0) is 13.1. The molecular weight excluding hydrogens is 230 g/mol. The van der Waals surface area contributed by atoms with E-state index in [9.17, 15) is 0 Å². The maximum Gasteiger partial charge on any atom is 0.253 e. The minimum atomic E-state index is -0.0793. The Labute approximate surface area is 106 Å². The fourth-order valence-electron chi connectivity index (χ4n) is 1.69. The quantitative estimate of drug-likeness (QED) is 0.897. The second kappa shape index (κ2) is 5.18. The Morgan fingerprint density at radius 2 is 2.11 bits per heavy atom. The van der Waals surface area contributed by atoms with E-state index in [4.69, 9.17) is 14.9 Å². The summed E-state index contributed by atoms with van der Waals surface area (Å²) in [5.74, 6) is 1.75. The Hall–Kier alpha value is -1.88. The first-order valence-corrected chi connectivity index (χ1v) is 5.84. The number of nitrogens with two attached hydrogens (primary N) is 1. The van der Waals surface area contributed by atoms with Crippen LogP contribution in [0.5, 0.6) is 5.75 Å². The molecule has 1 aromatic carbocycles. The molecule has 96 valence electrons. The van der Waals surface area contributed by atoms with Crippen LogP contribution in [0, 0.1) is 13.8 Å². The van der Waals surface area contributed by atoms with Crippen LogP contribution in [-0.2, 0) is 6.61 Å². The van der Waals surface area contributed by atoms with Gasteiger partial charge in [-0.15, -0.1) is 10.2 Å². The molecule has 0 saturated heterocycles. The standard InChI is InChI=1S/C13H17N3O2/c1-8-4-5-12(11(6-8)9(2)14)17-7-13-16-15-10(3)18-13/h4-6,9H,7,14H2,1-3H3/t9-/m0/s1. The summed E-state index contributed by atoms with van der Waals surface area (Å²) in [5, 5.41) is 7.63. The van der Waals surface area contributed by atoms with E-state index in [1.165, 1.54) is 0 Å². The van der Waals surface area contributed by atoms with Crippen molar-refractivity contribution in [3.05, 3.63) is 41.1 Å². The summed E-state index contributed by atoms with van der Waals surface area (Å²) in [4.78, 5) is 0. The average Bonchev–Trinajstić information content (AvgIpc) is 2.73. The highest BCUT2D eigenvalue weighted by Crippen LogP contribution is 2.25. The lowest BCUT2D eigenvalue weighted by Gasteiger charge is -2.13. The number of aromatic nitrogens is 2. The van der Waals surface area contributed by atoms with Crippen LogP contribution in [-0.4, -0.2) is 10.2 Å². The minimum absolute atomic E-state index is 0.0793. The molecule has 0 spiro atoms. The van der Waals surface area contributed by atoms with Gasteiger partial charge in [-0.25, -0.2) is 0 Å². The van der Waals surface area contributed by atoms with Crippen LogP contribution in [0.15, 0.2) is 22.6 Å². The third-order valence-corrected chi connectivity index (χ3v) is 2.57. The number of nitrogens with zero attached hydrogens (tertiary/aromatic N) is 2. The fraction of sp³-hybridized carbons (Fsp3) is 0.385. The van der Waals surface area contributed by atoms with Crippen LogP contribution in [0.4, 0.5) is 0 Å². The van der Waals surface area contributed by atoms with Crippen molar-refractivity contribution in [1.29, 1.82) is 0 Å². The molecule has 5 nitrogen and oxygen atoms in total. The van der Waals surface area contributed by atoms with Gasteiger partial charge < -0.3 is 14.9 Å². The van der Waals surface area contributed by atoms with Gasteiger partial charge in [-0.3, -0.25) is 0 Å². The van der Waals surface area contributed by atoms with Crippen molar-refractivity contribution < 1.29 is 9.15 Å². The molecular formula is C13H17N3O2. The van der Waals surface area contributed by atoms with Gasteiger partial charge in [0.1, 0.15) is 5.75 Å². The van der Waals surface area contributed by atoms with Crippen LogP contribution in [0.25, 0.3) is 0 Å². The molecule has 0 aliphatic heterocycles.